The van der Waals surface area contributed by atoms with Gasteiger partial charge in [0.25, 0.3) is 0 Å². The molecule has 0 amide bonds. The third kappa shape index (κ3) is 2.62. The van der Waals surface area contributed by atoms with Crippen molar-refractivity contribution in [3.8, 4) is 11.5 Å². The Bertz CT molecular complexity index is 920. The second-order valence-corrected chi connectivity index (χ2v) is 5.39. The summed E-state index contributed by atoms with van der Waals surface area (Å²) >= 11 is 0. The van der Waals surface area contributed by atoms with Crippen LogP contribution in [0.1, 0.15) is 18.2 Å². The number of ether oxygens (including phenoxy) is 2. The Kier molecular flexibility index (Phi) is 3.99. The molecule has 3 rings (SSSR count). The van der Waals surface area contributed by atoms with Gasteiger partial charge in [-0.2, -0.15) is 13.2 Å². The first kappa shape index (κ1) is 16.4. The Labute approximate surface area is 137 Å². The Morgan fingerprint density at radius 3 is 2.17 bits per heavy atom. The largest absolute Gasteiger partial charge is 0.493 e. The molecule has 0 saturated carbocycles. The van der Waals surface area contributed by atoms with Crippen LogP contribution in [0.2, 0.25) is 0 Å². The maximum atomic E-state index is 13.0. The Hall–Kier alpha value is -2.50. The molecule has 24 heavy (non-hydrogen) atoms. The van der Waals surface area contributed by atoms with Crippen molar-refractivity contribution < 1.29 is 22.6 Å². The number of hydrogen-bond donors (Lipinski definition) is 0. The molecule has 0 aliphatic carbocycles. The maximum absolute atomic E-state index is 13.0. The number of halogens is 3. The van der Waals surface area contributed by atoms with Crippen molar-refractivity contribution >= 4 is 21.7 Å². The molecule has 0 aliphatic heterocycles. The summed E-state index contributed by atoms with van der Waals surface area (Å²) in [6.45, 7) is 1.87. The van der Waals surface area contributed by atoms with Gasteiger partial charge in [-0.3, -0.25) is 4.98 Å². The van der Waals surface area contributed by atoms with Gasteiger partial charge in [0.1, 0.15) is 0 Å². The molecular formula is C18H16F3NO2. The normalized spacial score (nSPS) is 11.9. The topological polar surface area (TPSA) is 31.4 Å². The van der Waals surface area contributed by atoms with Crippen molar-refractivity contribution in [1.29, 1.82) is 0 Å². The highest BCUT2D eigenvalue weighted by atomic mass is 19.4. The fourth-order valence-electron chi connectivity index (χ4n) is 2.85. The van der Waals surface area contributed by atoms with E-state index >= 15 is 0 Å². The zero-order valence-corrected chi connectivity index (χ0v) is 13.5. The standard InChI is InChI=1S/C18H16F3NO2/c1-4-14-12-7-10(18(19,20)21)5-6-11(12)13-8-16(23-2)17(24-3)9-15(13)22-14/h5-9H,4H2,1-3H3. The van der Waals surface area contributed by atoms with Gasteiger partial charge in [0.2, 0.25) is 0 Å². The molecule has 1 aromatic heterocycles. The summed E-state index contributed by atoms with van der Waals surface area (Å²) in [5, 5.41) is 1.95. The van der Waals surface area contributed by atoms with Crippen LogP contribution in [0.5, 0.6) is 11.5 Å². The van der Waals surface area contributed by atoms with E-state index in [0.717, 1.165) is 17.5 Å². The molecule has 0 atom stereocenters. The molecule has 6 heteroatoms. The van der Waals surface area contributed by atoms with Crippen molar-refractivity contribution in [2.45, 2.75) is 19.5 Å². The molecule has 126 valence electrons. The van der Waals surface area contributed by atoms with Crippen LogP contribution in [-0.2, 0) is 12.6 Å². The molecule has 0 N–H and O–H groups in total. The number of aromatic nitrogens is 1. The molecule has 0 spiro atoms. The monoisotopic (exact) mass is 335 g/mol. The van der Waals surface area contributed by atoms with E-state index in [0.29, 0.717) is 39.9 Å². The lowest BCUT2D eigenvalue weighted by Gasteiger charge is -2.14. The SMILES string of the molecule is CCc1nc2cc(OC)c(OC)cc2c2ccc(C(F)(F)F)cc12. The number of hydrogen-bond acceptors (Lipinski definition) is 3. The number of nitrogens with zero attached hydrogens (tertiary/aromatic N) is 1. The number of methoxy groups -OCH3 is 2. The quantitative estimate of drug-likeness (QED) is 0.632. The van der Waals surface area contributed by atoms with Crippen LogP contribution in [0.3, 0.4) is 0 Å². The highest BCUT2D eigenvalue weighted by Gasteiger charge is 2.30. The molecule has 3 aromatic rings. The molecule has 0 radical (unpaired) electrons. The second kappa shape index (κ2) is 5.85. The van der Waals surface area contributed by atoms with Crippen molar-refractivity contribution in [3.05, 3.63) is 41.6 Å². The number of fused-ring (bicyclic) bond motifs is 3. The van der Waals surface area contributed by atoms with Crippen LogP contribution in [0, 0.1) is 0 Å². The van der Waals surface area contributed by atoms with Gasteiger partial charge in [0.05, 0.1) is 25.3 Å². The highest BCUT2D eigenvalue weighted by Crippen LogP contribution is 2.38. The summed E-state index contributed by atoms with van der Waals surface area (Å²) in [6, 6.07) is 7.24. The van der Waals surface area contributed by atoms with Crippen LogP contribution in [0.15, 0.2) is 30.3 Å². The molecule has 1 heterocycles. The van der Waals surface area contributed by atoms with Crippen molar-refractivity contribution in [1.82, 2.24) is 4.98 Å². The maximum Gasteiger partial charge on any atom is 0.416 e. The molecular weight excluding hydrogens is 319 g/mol. The minimum absolute atomic E-state index is 0.507. The fraction of sp³-hybridized carbons (Fsp3) is 0.278. The number of benzene rings is 2. The van der Waals surface area contributed by atoms with E-state index in [4.69, 9.17) is 9.47 Å². The van der Waals surface area contributed by atoms with E-state index in [1.165, 1.54) is 20.3 Å². The summed E-state index contributed by atoms with van der Waals surface area (Å²) in [5.74, 6) is 1.04. The van der Waals surface area contributed by atoms with Gasteiger partial charge in [0.15, 0.2) is 11.5 Å². The lowest BCUT2D eigenvalue weighted by atomic mass is 10.00. The Morgan fingerprint density at radius 2 is 1.58 bits per heavy atom. The average molecular weight is 335 g/mol. The van der Waals surface area contributed by atoms with Gasteiger partial charge in [-0.25, -0.2) is 0 Å². The Morgan fingerprint density at radius 1 is 0.917 bits per heavy atom. The second-order valence-electron chi connectivity index (χ2n) is 5.39. The van der Waals surface area contributed by atoms with Gasteiger partial charge < -0.3 is 9.47 Å². The third-order valence-corrected chi connectivity index (χ3v) is 4.04. The summed E-state index contributed by atoms with van der Waals surface area (Å²) in [4.78, 5) is 4.53. The van der Waals surface area contributed by atoms with E-state index in [-0.39, 0.29) is 0 Å². The molecule has 0 bridgehead atoms. The molecule has 0 saturated heterocycles. The van der Waals surface area contributed by atoms with Crippen molar-refractivity contribution in [2.24, 2.45) is 0 Å². The predicted octanol–water partition coefficient (Wildman–Crippen LogP) is 4.99. The number of rotatable bonds is 3. The fourth-order valence-corrected chi connectivity index (χ4v) is 2.85. The lowest BCUT2D eigenvalue weighted by molar-refractivity contribution is -0.137. The number of pyridine rings is 1. The number of alkyl halides is 3. The molecule has 0 fully saturated rings. The zero-order valence-electron chi connectivity index (χ0n) is 13.5. The Balaban J connectivity index is 2.40. The predicted molar refractivity (Wildman–Crippen MR) is 86.7 cm³/mol. The molecule has 2 aromatic carbocycles. The minimum Gasteiger partial charge on any atom is -0.493 e. The summed E-state index contributed by atoms with van der Waals surface area (Å²) < 4.78 is 49.7. The van der Waals surface area contributed by atoms with Crippen molar-refractivity contribution in [3.63, 3.8) is 0 Å². The molecule has 0 unspecified atom stereocenters. The first-order chi connectivity index (χ1) is 11.4. The number of aryl methyl sites for hydroxylation is 1. The molecule has 3 nitrogen and oxygen atoms in total. The summed E-state index contributed by atoms with van der Waals surface area (Å²) in [6.07, 6.45) is -3.85. The van der Waals surface area contributed by atoms with E-state index in [2.05, 4.69) is 4.98 Å². The van der Waals surface area contributed by atoms with Gasteiger partial charge in [0, 0.05) is 22.5 Å². The van der Waals surface area contributed by atoms with Crippen LogP contribution in [0.4, 0.5) is 13.2 Å². The van der Waals surface area contributed by atoms with Gasteiger partial charge >= 0.3 is 6.18 Å². The van der Waals surface area contributed by atoms with Gasteiger partial charge in [-0.1, -0.05) is 13.0 Å². The van der Waals surface area contributed by atoms with Gasteiger partial charge in [-0.05, 0) is 30.0 Å². The smallest absolute Gasteiger partial charge is 0.416 e. The van der Waals surface area contributed by atoms with Crippen LogP contribution < -0.4 is 9.47 Å². The van der Waals surface area contributed by atoms with E-state index in [1.54, 1.807) is 12.1 Å². The summed E-state index contributed by atoms with van der Waals surface area (Å²) in [5.41, 5.74) is 0.610. The van der Waals surface area contributed by atoms with Gasteiger partial charge in [-0.15, -0.1) is 0 Å². The summed E-state index contributed by atoms with van der Waals surface area (Å²) in [7, 11) is 3.04. The van der Waals surface area contributed by atoms with Crippen LogP contribution in [-0.4, -0.2) is 19.2 Å². The minimum atomic E-state index is -4.38. The first-order valence-electron chi connectivity index (χ1n) is 7.44. The third-order valence-electron chi connectivity index (χ3n) is 4.04. The zero-order chi connectivity index (χ0) is 17.5. The van der Waals surface area contributed by atoms with Crippen molar-refractivity contribution in [2.75, 3.05) is 14.2 Å². The van der Waals surface area contributed by atoms with Crippen LogP contribution >= 0.6 is 0 Å². The average Bonchev–Trinajstić information content (AvgIpc) is 2.58. The lowest BCUT2D eigenvalue weighted by Crippen LogP contribution is -2.05. The van der Waals surface area contributed by atoms with E-state index in [9.17, 15) is 13.2 Å². The van der Waals surface area contributed by atoms with E-state index < -0.39 is 11.7 Å². The van der Waals surface area contributed by atoms with E-state index in [1.807, 2.05) is 6.92 Å². The highest BCUT2D eigenvalue weighted by molar-refractivity contribution is 6.07. The first-order valence-corrected chi connectivity index (χ1v) is 7.44. The van der Waals surface area contributed by atoms with Crippen LogP contribution in [0.25, 0.3) is 21.7 Å². The molecule has 0 aliphatic rings.